The van der Waals surface area contributed by atoms with Crippen molar-refractivity contribution >= 4 is 0 Å². The molecule has 1 aliphatic carbocycles. The normalized spacial score (nSPS) is 29.1. The molecule has 0 bridgehead atoms. The fourth-order valence-electron chi connectivity index (χ4n) is 2.37. The quantitative estimate of drug-likeness (QED) is 0.827. The summed E-state index contributed by atoms with van der Waals surface area (Å²) in [6.07, 6.45) is 6.28. The first kappa shape index (κ1) is 11.6. The maximum atomic E-state index is 10.4. The van der Waals surface area contributed by atoms with Crippen LogP contribution in [0.25, 0.3) is 0 Å². The van der Waals surface area contributed by atoms with Gasteiger partial charge in [-0.05, 0) is 13.3 Å². The summed E-state index contributed by atoms with van der Waals surface area (Å²) in [5.41, 5.74) is -0.765. The van der Waals surface area contributed by atoms with Crippen LogP contribution < -0.4 is 0 Å². The molecular weight excluding hydrogens is 204 g/mol. The molecule has 1 aromatic heterocycles. The van der Waals surface area contributed by atoms with Crippen molar-refractivity contribution in [3.05, 3.63) is 18.2 Å². The lowest BCUT2D eigenvalue weighted by Gasteiger charge is -2.42. The third kappa shape index (κ3) is 1.99. The predicted molar refractivity (Wildman–Crippen MR) is 61.1 cm³/mol. The molecular formula is C12H20N2O2. The van der Waals surface area contributed by atoms with Crippen molar-refractivity contribution in [2.24, 2.45) is 0 Å². The first-order valence-corrected chi connectivity index (χ1v) is 6.05. The minimum Gasteiger partial charge on any atom is -0.382 e. The van der Waals surface area contributed by atoms with E-state index in [1.807, 2.05) is 17.7 Å². The molecule has 0 saturated heterocycles. The van der Waals surface area contributed by atoms with Crippen molar-refractivity contribution in [3.8, 4) is 0 Å². The van der Waals surface area contributed by atoms with Gasteiger partial charge in [0.25, 0.3) is 0 Å². The highest BCUT2D eigenvalue weighted by molar-refractivity contribution is 5.12. The number of imidazole rings is 1. The Morgan fingerprint density at radius 2 is 2.31 bits per heavy atom. The highest BCUT2D eigenvalue weighted by Gasteiger charge is 2.47. The van der Waals surface area contributed by atoms with E-state index in [1.165, 1.54) is 0 Å². The minimum atomic E-state index is -0.765. The molecule has 0 aliphatic heterocycles. The van der Waals surface area contributed by atoms with Crippen LogP contribution >= 0.6 is 0 Å². The molecule has 16 heavy (non-hydrogen) atoms. The number of aromatic nitrogens is 2. The summed E-state index contributed by atoms with van der Waals surface area (Å²) in [7, 11) is 0. The van der Waals surface area contributed by atoms with Crippen molar-refractivity contribution in [1.82, 2.24) is 9.55 Å². The maximum Gasteiger partial charge on any atom is 0.140 e. The number of aryl methyl sites for hydroxylation is 1. The van der Waals surface area contributed by atoms with Gasteiger partial charge >= 0.3 is 0 Å². The second-order valence-electron chi connectivity index (χ2n) is 4.46. The Hall–Kier alpha value is -0.870. The van der Waals surface area contributed by atoms with Crippen molar-refractivity contribution in [1.29, 1.82) is 0 Å². The molecule has 0 atom stereocenters. The van der Waals surface area contributed by atoms with Crippen LogP contribution in [0.5, 0.6) is 0 Å². The van der Waals surface area contributed by atoms with E-state index in [-0.39, 0.29) is 6.10 Å². The van der Waals surface area contributed by atoms with Crippen LogP contribution in [0.1, 0.15) is 38.9 Å². The third-order valence-electron chi connectivity index (χ3n) is 3.13. The molecule has 0 unspecified atom stereocenters. The van der Waals surface area contributed by atoms with Crippen LogP contribution in [0.4, 0.5) is 0 Å². The van der Waals surface area contributed by atoms with Gasteiger partial charge in [-0.15, -0.1) is 0 Å². The number of rotatable bonds is 5. The molecule has 0 aromatic carbocycles. The molecule has 1 heterocycles. The van der Waals surface area contributed by atoms with Crippen LogP contribution in [0.3, 0.4) is 0 Å². The van der Waals surface area contributed by atoms with Gasteiger partial charge in [0.05, 0.1) is 6.10 Å². The van der Waals surface area contributed by atoms with Gasteiger partial charge in [-0.25, -0.2) is 4.98 Å². The van der Waals surface area contributed by atoms with Gasteiger partial charge in [0, 0.05) is 38.4 Å². The van der Waals surface area contributed by atoms with Crippen molar-refractivity contribution in [2.45, 2.75) is 51.4 Å². The molecule has 0 radical (unpaired) electrons. The van der Waals surface area contributed by atoms with Crippen LogP contribution in [0.15, 0.2) is 12.4 Å². The lowest BCUT2D eigenvalue weighted by molar-refractivity contribution is -0.148. The zero-order valence-corrected chi connectivity index (χ0v) is 10.0. The van der Waals surface area contributed by atoms with E-state index in [1.54, 1.807) is 6.20 Å². The molecule has 90 valence electrons. The smallest absolute Gasteiger partial charge is 0.140 e. The first-order chi connectivity index (χ1) is 7.69. The van der Waals surface area contributed by atoms with Crippen LogP contribution in [0.2, 0.25) is 0 Å². The zero-order valence-electron chi connectivity index (χ0n) is 10.0. The first-order valence-electron chi connectivity index (χ1n) is 6.05. The summed E-state index contributed by atoms with van der Waals surface area (Å²) in [6.45, 7) is 5.73. The number of hydrogen-bond acceptors (Lipinski definition) is 3. The van der Waals surface area contributed by atoms with Gasteiger partial charge in [0.2, 0.25) is 0 Å². The van der Waals surface area contributed by atoms with E-state index < -0.39 is 5.60 Å². The van der Waals surface area contributed by atoms with Gasteiger partial charge in [-0.2, -0.15) is 0 Å². The monoisotopic (exact) mass is 224 g/mol. The fourth-order valence-corrected chi connectivity index (χ4v) is 2.37. The van der Waals surface area contributed by atoms with Gasteiger partial charge in [-0.3, -0.25) is 0 Å². The highest BCUT2D eigenvalue weighted by Crippen LogP contribution is 2.42. The zero-order chi connectivity index (χ0) is 11.6. The highest BCUT2D eigenvalue weighted by atomic mass is 16.5. The fraction of sp³-hybridized carbons (Fsp3) is 0.750. The summed E-state index contributed by atoms with van der Waals surface area (Å²) < 4.78 is 7.52. The predicted octanol–water partition coefficient (Wildman–Crippen LogP) is 1.68. The Balaban J connectivity index is 2.04. The Morgan fingerprint density at radius 1 is 1.56 bits per heavy atom. The molecule has 4 nitrogen and oxygen atoms in total. The van der Waals surface area contributed by atoms with Gasteiger partial charge in [0.1, 0.15) is 11.4 Å². The van der Waals surface area contributed by atoms with Crippen molar-refractivity contribution in [2.75, 3.05) is 6.61 Å². The Labute approximate surface area is 96.3 Å². The lowest BCUT2D eigenvalue weighted by Crippen LogP contribution is -2.47. The maximum absolute atomic E-state index is 10.4. The lowest BCUT2D eigenvalue weighted by atomic mass is 9.76. The van der Waals surface area contributed by atoms with Crippen LogP contribution in [-0.4, -0.2) is 27.4 Å². The number of ether oxygens (including phenoxy) is 1. The largest absolute Gasteiger partial charge is 0.382 e. The average molecular weight is 224 g/mol. The van der Waals surface area contributed by atoms with E-state index in [9.17, 15) is 5.11 Å². The van der Waals surface area contributed by atoms with E-state index >= 15 is 0 Å². The SMILES string of the molecule is CCCn1ccnc1C1(O)CC(OCC)C1. The average Bonchev–Trinajstić information content (AvgIpc) is 2.65. The van der Waals surface area contributed by atoms with E-state index in [2.05, 4.69) is 11.9 Å². The summed E-state index contributed by atoms with van der Waals surface area (Å²) >= 11 is 0. The number of nitrogens with zero attached hydrogens (tertiary/aromatic N) is 2. The molecule has 1 fully saturated rings. The molecule has 1 aliphatic rings. The van der Waals surface area contributed by atoms with Crippen LogP contribution in [-0.2, 0) is 16.9 Å². The van der Waals surface area contributed by atoms with Gasteiger partial charge < -0.3 is 14.4 Å². The molecule has 0 amide bonds. The number of hydrogen-bond donors (Lipinski definition) is 1. The van der Waals surface area contributed by atoms with Gasteiger partial charge in [-0.1, -0.05) is 6.92 Å². The Kier molecular flexibility index (Phi) is 3.30. The second kappa shape index (κ2) is 4.55. The molecule has 0 spiro atoms. The van der Waals surface area contributed by atoms with E-state index in [4.69, 9.17) is 4.74 Å². The summed E-state index contributed by atoms with van der Waals surface area (Å²) in [6, 6.07) is 0. The van der Waals surface area contributed by atoms with E-state index in [0.29, 0.717) is 19.4 Å². The minimum absolute atomic E-state index is 0.196. The summed E-state index contributed by atoms with van der Waals surface area (Å²) in [5, 5.41) is 10.4. The molecule has 1 N–H and O–H groups in total. The summed E-state index contributed by atoms with van der Waals surface area (Å²) in [4.78, 5) is 4.28. The standard InChI is InChI=1S/C12H20N2O2/c1-3-6-14-7-5-13-11(14)12(15)8-10(9-12)16-4-2/h5,7,10,15H,3-4,6,8-9H2,1-2H3. The summed E-state index contributed by atoms with van der Waals surface area (Å²) in [5.74, 6) is 0.797. The molecule has 1 aromatic rings. The molecule has 2 rings (SSSR count). The van der Waals surface area contributed by atoms with Crippen molar-refractivity contribution < 1.29 is 9.84 Å². The Morgan fingerprint density at radius 3 is 2.94 bits per heavy atom. The second-order valence-corrected chi connectivity index (χ2v) is 4.46. The van der Waals surface area contributed by atoms with Crippen molar-refractivity contribution in [3.63, 3.8) is 0 Å². The molecule has 1 saturated carbocycles. The number of aliphatic hydroxyl groups is 1. The Bertz CT molecular complexity index is 343. The van der Waals surface area contributed by atoms with Gasteiger partial charge in [0.15, 0.2) is 0 Å². The van der Waals surface area contributed by atoms with Crippen LogP contribution in [0, 0.1) is 0 Å². The third-order valence-corrected chi connectivity index (χ3v) is 3.13. The topological polar surface area (TPSA) is 47.3 Å². The van der Waals surface area contributed by atoms with E-state index in [0.717, 1.165) is 18.8 Å². The molecule has 4 heteroatoms.